The van der Waals surface area contributed by atoms with Gasteiger partial charge in [-0.1, -0.05) is 6.07 Å². The van der Waals surface area contributed by atoms with E-state index in [0.29, 0.717) is 5.11 Å². The van der Waals surface area contributed by atoms with Crippen LogP contribution in [0.25, 0.3) is 0 Å². The van der Waals surface area contributed by atoms with E-state index in [4.69, 9.17) is 12.2 Å². The van der Waals surface area contributed by atoms with Crippen LogP contribution in [0.5, 0.6) is 0 Å². The highest BCUT2D eigenvalue weighted by atomic mass is 32.1. The highest BCUT2D eigenvalue weighted by molar-refractivity contribution is 7.80. The minimum Gasteiger partial charge on any atom is -0.350 e. The number of benzene rings is 1. The Kier molecular flexibility index (Phi) is 2.74. The quantitative estimate of drug-likeness (QED) is 0.444. The van der Waals surface area contributed by atoms with Crippen LogP contribution in [0.2, 0.25) is 0 Å². The fourth-order valence-electron chi connectivity index (χ4n) is 1.66. The number of anilines is 1. The third-order valence-electron chi connectivity index (χ3n) is 2.57. The van der Waals surface area contributed by atoms with Gasteiger partial charge in [-0.25, -0.2) is 0 Å². The topological polar surface area (TPSA) is 49.6 Å². The van der Waals surface area contributed by atoms with Crippen molar-refractivity contribution in [3.63, 3.8) is 0 Å². The number of thiocarbonyl (C=S) groups is 1. The van der Waals surface area contributed by atoms with E-state index in [9.17, 15) is 10.1 Å². The second kappa shape index (κ2) is 4.05. The van der Waals surface area contributed by atoms with Gasteiger partial charge in [0.05, 0.1) is 4.92 Å². The van der Waals surface area contributed by atoms with E-state index in [1.54, 1.807) is 12.1 Å². The molecule has 0 spiro atoms. The van der Waals surface area contributed by atoms with Crippen LogP contribution < -0.4 is 4.90 Å². The Morgan fingerprint density at radius 3 is 2.75 bits per heavy atom. The minimum atomic E-state index is -0.396. The Bertz CT molecular complexity index is 449. The molecule has 0 atom stereocenters. The van der Waals surface area contributed by atoms with Gasteiger partial charge in [-0.2, -0.15) is 0 Å². The number of non-ortho nitro benzene ring substituents is 1. The van der Waals surface area contributed by atoms with Crippen LogP contribution in [0.15, 0.2) is 24.3 Å². The summed E-state index contributed by atoms with van der Waals surface area (Å²) in [5.74, 6) is 0. The average molecular weight is 237 g/mol. The predicted octanol–water partition coefficient (Wildman–Crippen LogP) is 1.63. The van der Waals surface area contributed by atoms with Crippen molar-refractivity contribution in [2.45, 2.75) is 0 Å². The van der Waals surface area contributed by atoms with E-state index in [1.165, 1.54) is 6.07 Å². The molecule has 84 valence electrons. The number of nitro groups is 1. The summed E-state index contributed by atoms with van der Waals surface area (Å²) in [4.78, 5) is 14.1. The molecule has 1 aliphatic rings. The summed E-state index contributed by atoms with van der Waals surface area (Å²) in [5.41, 5.74) is 0.874. The highest BCUT2D eigenvalue weighted by Gasteiger charge is 2.23. The lowest BCUT2D eigenvalue weighted by Gasteiger charge is -2.18. The van der Waals surface area contributed by atoms with Crippen molar-refractivity contribution in [3.8, 4) is 0 Å². The monoisotopic (exact) mass is 237 g/mol. The molecule has 2 rings (SSSR count). The van der Waals surface area contributed by atoms with Crippen molar-refractivity contribution in [2.75, 3.05) is 25.0 Å². The van der Waals surface area contributed by atoms with Crippen LogP contribution in [0.3, 0.4) is 0 Å². The van der Waals surface area contributed by atoms with Crippen molar-refractivity contribution >= 4 is 28.7 Å². The van der Waals surface area contributed by atoms with Gasteiger partial charge in [-0.05, 0) is 18.3 Å². The molecule has 0 aliphatic carbocycles. The zero-order valence-corrected chi connectivity index (χ0v) is 9.61. The zero-order valence-electron chi connectivity index (χ0n) is 8.79. The fraction of sp³-hybridized carbons (Fsp3) is 0.300. The van der Waals surface area contributed by atoms with Crippen LogP contribution in [-0.4, -0.2) is 35.1 Å². The SMILES string of the molecule is CN1CCN(c2cccc([N+](=O)[O-])c2)C1=S. The molecule has 0 aromatic heterocycles. The Balaban J connectivity index is 2.31. The minimum absolute atomic E-state index is 0.0925. The number of nitrogens with zero attached hydrogens (tertiary/aromatic N) is 3. The largest absolute Gasteiger partial charge is 0.350 e. The fourth-order valence-corrected chi connectivity index (χ4v) is 1.95. The highest BCUT2D eigenvalue weighted by Crippen LogP contribution is 2.24. The van der Waals surface area contributed by atoms with Gasteiger partial charge < -0.3 is 9.80 Å². The summed E-state index contributed by atoms with van der Waals surface area (Å²) < 4.78 is 0. The number of rotatable bonds is 2. The molecule has 1 saturated heterocycles. The maximum absolute atomic E-state index is 10.7. The van der Waals surface area contributed by atoms with Crippen molar-refractivity contribution in [1.29, 1.82) is 0 Å². The normalized spacial score (nSPS) is 15.7. The standard InChI is InChI=1S/C10H11N3O2S/c1-11-5-6-12(10(11)16)8-3-2-4-9(7-8)13(14)15/h2-4,7H,5-6H2,1H3. The van der Waals surface area contributed by atoms with Crippen LogP contribution in [-0.2, 0) is 0 Å². The third kappa shape index (κ3) is 1.83. The molecule has 16 heavy (non-hydrogen) atoms. The van der Waals surface area contributed by atoms with E-state index < -0.39 is 4.92 Å². The lowest BCUT2D eigenvalue weighted by atomic mass is 10.2. The Hall–Kier alpha value is -1.69. The van der Waals surface area contributed by atoms with Gasteiger partial charge in [0.1, 0.15) is 0 Å². The summed E-state index contributed by atoms with van der Waals surface area (Å²) in [6, 6.07) is 6.53. The molecule has 0 radical (unpaired) electrons. The molecule has 0 saturated carbocycles. The van der Waals surface area contributed by atoms with Gasteiger partial charge >= 0.3 is 0 Å². The molecule has 1 heterocycles. The first-order valence-corrected chi connectivity index (χ1v) is 5.27. The molecule has 5 nitrogen and oxygen atoms in total. The molecular weight excluding hydrogens is 226 g/mol. The summed E-state index contributed by atoms with van der Waals surface area (Å²) in [5, 5.41) is 11.4. The van der Waals surface area contributed by atoms with Crippen molar-refractivity contribution in [2.24, 2.45) is 0 Å². The molecule has 1 fully saturated rings. The van der Waals surface area contributed by atoms with Crippen LogP contribution in [0.4, 0.5) is 11.4 Å². The number of hydrogen-bond donors (Lipinski definition) is 0. The molecule has 0 bridgehead atoms. The van der Waals surface area contributed by atoms with E-state index in [-0.39, 0.29) is 5.69 Å². The molecule has 0 N–H and O–H groups in total. The molecule has 1 aliphatic heterocycles. The van der Waals surface area contributed by atoms with E-state index in [1.807, 2.05) is 22.9 Å². The van der Waals surface area contributed by atoms with Crippen LogP contribution in [0, 0.1) is 10.1 Å². The first-order chi connectivity index (χ1) is 7.59. The first-order valence-electron chi connectivity index (χ1n) is 4.86. The van der Waals surface area contributed by atoms with Crippen LogP contribution >= 0.6 is 12.2 Å². The van der Waals surface area contributed by atoms with Gasteiger partial charge in [0.2, 0.25) is 0 Å². The van der Waals surface area contributed by atoms with Crippen molar-refractivity contribution in [3.05, 3.63) is 34.4 Å². The lowest BCUT2D eigenvalue weighted by Crippen LogP contribution is -2.28. The van der Waals surface area contributed by atoms with Crippen LogP contribution in [0.1, 0.15) is 0 Å². The number of nitro benzene ring substituents is 1. The van der Waals surface area contributed by atoms with Gasteiger partial charge in [0.15, 0.2) is 5.11 Å². The third-order valence-corrected chi connectivity index (χ3v) is 3.10. The van der Waals surface area contributed by atoms with Gasteiger partial charge in [-0.3, -0.25) is 10.1 Å². The Morgan fingerprint density at radius 1 is 1.44 bits per heavy atom. The molecule has 0 amide bonds. The predicted molar refractivity (Wildman–Crippen MR) is 65.7 cm³/mol. The Labute approximate surface area is 98.4 Å². The number of hydrogen-bond acceptors (Lipinski definition) is 3. The van der Waals surface area contributed by atoms with Crippen molar-refractivity contribution < 1.29 is 4.92 Å². The second-order valence-electron chi connectivity index (χ2n) is 3.63. The van der Waals surface area contributed by atoms with Gasteiger partial charge in [0.25, 0.3) is 5.69 Å². The summed E-state index contributed by atoms with van der Waals surface area (Å²) in [6.07, 6.45) is 0. The van der Waals surface area contributed by atoms with E-state index >= 15 is 0 Å². The smallest absolute Gasteiger partial charge is 0.271 e. The van der Waals surface area contributed by atoms with Gasteiger partial charge in [0, 0.05) is 38.0 Å². The average Bonchev–Trinajstić information content (AvgIpc) is 2.60. The maximum atomic E-state index is 10.7. The van der Waals surface area contributed by atoms with Gasteiger partial charge in [-0.15, -0.1) is 0 Å². The van der Waals surface area contributed by atoms with E-state index in [2.05, 4.69) is 0 Å². The molecular formula is C10H11N3O2S. The van der Waals surface area contributed by atoms with E-state index in [0.717, 1.165) is 18.8 Å². The molecule has 0 unspecified atom stereocenters. The summed E-state index contributed by atoms with van der Waals surface area (Å²) >= 11 is 5.24. The maximum Gasteiger partial charge on any atom is 0.271 e. The number of likely N-dealkylation sites (N-methyl/N-ethyl adjacent to an activating group) is 1. The first kappa shape index (κ1) is 10.8. The zero-order chi connectivity index (χ0) is 11.7. The molecule has 1 aromatic rings. The lowest BCUT2D eigenvalue weighted by molar-refractivity contribution is -0.384. The second-order valence-corrected chi connectivity index (χ2v) is 4.00. The molecule has 6 heteroatoms. The molecule has 1 aromatic carbocycles. The van der Waals surface area contributed by atoms with Crippen molar-refractivity contribution in [1.82, 2.24) is 4.90 Å². The Morgan fingerprint density at radius 2 is 2.19 bits per heavy atom. The summed E-state index contributed by atoms with van der Waals surface area (Å²) in [7, 11) is 1.92. The summed E-state index contributed by atoms with van der Waals surface area (Å²) in [6.45, 7) is 1.62.